The van der Waals surface area contributed by atoms with E-state index in [9.17, 15) is 9.59 Å². The molecule has 0 unspecified atom stereocenters. The molecule has 7 nitrogen and oxygen atoms in total. The second-order valence-electron chi connectivity index (χ2n) is 8.72. The summed E-state index contributed by atoms with van der Waals surface area (Å²) in [6.45, 7) is 8.67. The van der Waals surface area contributed by atoms with Crippen molar-refractivity contribution in [2.75, 3.05) is 19.7 Å². The van der Waals surface area contributed by atoms with Crippen LogP contribution in [0.1, 0.15) is 55.6 Å². The number of benzene rings is 1. The number of carbonyl (C=O) groups excluding carboxylic acids is 2. The Hall–Kier alpha value is -3.22. The second-order valence-corrected chi connectivity index (χ2v) is 8.72. The van der Waals surface area contributed by atoms with Gasteiger partial charge in [0.05, 0.1) is 29.4 Å². The molecule has 7 heteroatoms. The van der Waals surface area contributed by atoms with Crippen molar-refractivity contribution in [2.45, 2.75) is 46.6 Å². The molecule has 1 aromatic carbocycles. The molecule has 0 radical (unpaired) electrons. The van der Waals surface area contributed by atoms with Crippen LogP contribution >= 0.6 is 0 Å². The maximum atomic E-state index is 13.8. The van der Waals surface area contributed by atoms with Gasteiger partial charge in [-0.15, -0.1) is 0 Å². The number of rotatable bonds is 8. The van der Waals surface area contributed by atoms with Gasteiger partial charge in [-0.1, -0.05) is 24.3 Å². The highest BCUT2D eigenvalue weighted by atomic mass is 16.5. The van der Waals surface area contributed by atoms with Crippen LogP contribution in [0.25, 0.3) is 22.3 Å². The average molecular weight is 435 g/mol. The van der Waals surface area contributed by atoms with Gasteiger partial charge >= 0.3 is 5.97 Å². The third-order valence-electron chi connectivity index (χ3n) is 5.80. The van der Waals surface area contributed by atoms with Crippen LogP contribution < -0.4 is 0 Å². The zero-order valence-electron chi connectivity index (χ0n) is 19.2. The molecular weight excluding hydrogens is 404 g/mol. The van der Waals surface area contributed by atoms with Crippen molar-refractivity contribution in [1.29, 1.82) is 0 Å². The predicted octanol–water partition coefficient (Wildman–Crippen LogP) is 4.40. The molecule has 2 heterocycles. The van der Waals surface area contributed by atoms with Crippen molar-refractivity contribution in [2.24, 2.45) is 5.92 Å². The molecule has 1 saturated carbocycles. The van der Waals surface area contributed by atoms with Crippen molar-refractivity contribution >= 4 is 22.9 Å². The average Bonchev–Trinajstić information content (AvgIpc) is 3.47. The Balaban J connectivity index is 1.82. The number of nitrogens with zero attached hydrogens (tertiary/aromatic N) is 4. The number of ether oxygens (including phenoxy) is 1. The molecule has 1 fully saturated rings. The topological polar surface area (TPSA) is 77.3 Å². The summed E-state index contributed by atoms with van der Waals surface area (Å²) in [7, 11) is 0. The molecular formula is C25H30N4O3. The first kappa shape index (κ1) is 22.0. The number of hydrogen-bond acceptors (Lipinski definition) is 5. The van der Waals surface area contributed by atoms with Gasteiger partial charge < -0.3 is 9.64 Å². The number of esters is 1. The van der Waals surface area contributed by atoms with E-state index in [0.29, 0.717) is 35.7 Å². The Labute approximate surface area is 188 Å². The van der Waals surface area contributed by atoms with Gasteiger partial charge in [-0.2, -0.15) is 5.10 Å². The van der Waals surface area contributed by atoms with Crippen LogP contribution in [-0.2, 0) is 9.53 Å². The van der Waals surface area contributed by atoms with Crippen LogP contribution in [-0.4, -0.2) is 51.2 Å². The summed E-state index contributed by atoms with van der Waals surface area (Å²) >= 11 is 0. The van der Waals surface area contributed by atoms with Crippen LogP contribution in [0.3, 0.4) is 0 Å². The Morgan fingerprint density at radius 1 is 1.25 bits per heavy atom. The highest BCUT2D eigenvalue weighted by Crippen LogP contribution is 2.32. The van der Waals surface area contributed by atoms with E-state index >= 15 is 0 Å². The summed E-state index contributed by atoms with van der Waals surface area (Å²) in [4.78, 5) is 32.5. The van der Waals surface area contributed by atoms with Gasteiger partial charge in [0.15, 0.2) is 5.65 Å². The lowest BCUT2D eigenvalue weighted by molar-refractivity contribution is -0.143. The number of aryl methyl sites for hydroxylation is 1. The van der Waals surface area contributed by atoms with Crippen LogP contribution in [0.15, 0.2) is 36.5 Å². The fraction of sp³-hybridized carbons (Fsp3) is 0.440. The van der Waals surface area contributed by atoms with E-state index in [2.05, 4.69) is 5.10 Å². The minimum absolute atomic E-state index is 0.0506. The van der Waals surface area contributed by atoms with Crippen molar-refractivity contribution in [3.05, 3.63) is 47.7 Å². The van der Waals surface area contributed by atoms with Gasteiger partial charge in [0.25, 0.3) is 5.91 Å². The molecule has 32 heavy (non-hydrogen) atoms. The smallest absolute Gasteiger partial charge is 0.325 e. The Bertz CT molecular complexity index is 1150. The van der Waals surface area contributed by atoms with Crippen molar-refractivity contribution in [1.82, 2.24) is 19.7 Å². The normalized spacial score (nSPS) is 13.5. The molecule has 0 N–H and O–H groups in total. The number of hydrogen-bond donors (Lipinski definition) is 0. The van der Waals surface area contributed by atoms with Crippen molar-refractivity contribution in [3.63, 3.8) is 0 Å². The molecule has 0 spiro atoms. The highest BCUT2D eigenvalue weighted by Gasteiger charge is 2.30. The van der Waals surface area contributed by atoms with E-state index < -0.39 is 0 Å². The lowest BCUT2D eigenvalue weighted by atomic mass is 10.0. The van der Waals surface area contributed by atoms with Crippen molar-refractivity contribution in [3.8, 4) is 11.3 Å². The van der Waals surface area contributed by atoms with Crippen LogP contribution in [0, 0.1) is 12.8 Å². The summed E-state index contributed by atoms with van der Waals surface area (Å²) in [6, 6.07) is 9.92. The van der Waals surface area contributed by atoms with Gasteiger partial charge in [-0.05, 0) is 58.1 Å². The maximum absolute atomic E-state index is 13.8. The molecule has 0 aliphatic heterocycles. The van der Waals surface area contributed by atoms with E-state index in [0.717, 1.165) is 29.7 Å². The highest BCUT2D eigenvalue weighted by molar-refractivity contribution is 6.07. The molecule has 1 aliphatic rings. The molecule has 1 amide bonds. The van der Waals surface area contributed by atoms with E-state index in [4.69, 9.17) is 9.72 Å². The van der Waals surface area contributed by atoms with Crippen LogP contribution in [0.2, 0.25) is 0 Å². The molecule has 0 bridgehead atoms. The number of aromatic nitrogens is 3. The summed E-state index contributed by atoms with van der Waals surface area (Å²) in [5.41, 5.74) is 3.97. The number of fused-ring (bicyclic) bond motifs is 1. The minimum atomic E-state index is -0.385. The third kappa shape index (κ3) is 4.52. The molecule has 3 aromatic rings. The third-order valence-corrected chi connectivity index (χ3v) is 5.80. The Kier molecular flexibility index (Phi) is 6.26. The summed E-state index contributed by atoms with van der Waals surface area (Å²) in [5, 5.41) is 5.21. The SMILES string of the molecule is CCOC(=O)CN(CC1CC1)C(=O)c1cc(-c2ccccc2C)nc2c1cnn2C(C)C. The Morgan fingerprint density at radius 2 is 2.00 bits per heavy atom. The first-order valence-corrected chi connectivity index (χ1v) is 11.3. The van der Waals surface area contributed by atoms with E-state index in [1.807, 2.05) is 55.8 Å². The number of amides is 1. The standard InChI is InChI=1S/C25H30N4O3/c1-5-32-23(30)15-28(14-18-10-11-18)25(31)20-12-22(19-9-7-6-8-17(19)4)27-24-21(20)13-26-29(24)16(2)3/h6-9,12-13,16,18H,5,10-11,14-15H2,1-4H3. The van der Waals surface area contributed by atoms with E-state index in [1.165, 1.54) is 0 Å². The van der Waals surface area contributed by atoms with Gasteiger partial charge in [0.2, 0.25) is 0 Å². The molecule has 0 saturated heterocycles. The lowest BCUT2D eigenvalue weighted by Gasteiger charge is -2.22. The fourth-order valence-electron chi connectivity index (χ4n) is 3.94. The second kappa shape index (κ2) is 9.10. The predicted molar refractivity (Wildman–Crippen MR) is 123 cm³/mol. The zero-order chi connectivity index (χ0) is 22.8. The molecule has 0 atom stereocenters. The Morgan fingerprint density at radius 3 is 2.66 bits per heavy atom. The summed E-state index contributed by atoms with van der Waals surface area (Å²) in [6.07, 6.45) is 3.87. The van der Waals surface area contributed by atoms with Crippen molar-refractivity contribution < 1.29 is 14.3 Å². The van der Waals surface area contributed by atoms with E-state index in [-0.39, 0.29) is 24.5 Å². The van der Waals surface area contributed by atoms with Gasteiger partial charge in [-0.25, -0.2) is 9.67 Å². The summed E-state index contributed by atoms with van der Waals surface area (Å²) in [5.74, 6) is -0.126. The van der Waals surface area contributed by atoms with Gasteiger partial charge in [-0.3, -0.25) is 9.59 Å². The largest absolute Gasteiger partial charge is 0.465 e. The van der Waals surface area contributed by atoms with Gasteiger partial charge in [0.1, 0.15) is 6.54 Å². The lowest BCUT2D eigenvalue weighted by Crippen LogP contribution is -2.38. The minimum Gasteiger partial charge on any atom is -0.465 e. The summed E-state index contributed by atoms with van der Waals surface area (Å²) < 4.78 is 6.97. The maximum Gasteiger partial charge on any atom is 0.325 e. The first-order valence-electron chi connectivity index (χ1n) is 11.3. The van der Waals surface area contributed by atoms with Crippen LogP contribution in [0.5, 0.6) is 0 Å². The first-order chi connectivity index (χ1) is 15.4. The quantitative estimate of drug-likeness (QED) is 0.491. The number of carbonyl (C=O) groups is 2. The van der Waals surface area contributed by atoms with Crippen LogP contribution in [0.4, 0.5) is 0 Å². The monoisotopic (exact) mass is 434 g/mol. The molecule has 2 aromatic heterocycles. The molecule has 168 valence electrons. The zero-order valence-corrected chi connectivity index (χ0v) is 19.2. The number of pyridine rings is 1. The molecule has 4 rings (SSSR count). The van der Waals surface area contributed by atoms with E-state index in [1.54, 1.807) is 18.0 Å². The van der Waals surface area contributed by atoms with Gasteiger partial charge in [0, 0.05) is 18.2 Å². The molecule has 1 aliphatic carbocycles. The fourth-order valence-corrected chi connectivity index (χ4v) is 3.94.